The molecule has 1 heterocycles. The molecule has 0 unspecified atom stereocenters. The first-order chi connectivity index (χ1) is 11.3. The van der Waals surface area contributed by atoms with Gasteiger partial charge in [0.05, 0.1) is 13.1 Å². The van der Waals surface area contributed by atoms with Crippen molar-refractivity contribution >= 4 is 29.9 Å². The number of benzene rings is 1. The number of ether oxygens (including phenoxy) is 1. The van der Waals surface area contributed by atoms with Gasteiger partial charge in [-0.25, -0.2) is 4.39 Å². The molecule has 0 spiro atoms. The third-order valence-electron chi connectivity index (χ3n) is 3.10. The molecule has 5 nitrogen and oxygen atoms in total. The lowest BCUT2D eigenvalue weighted by molar-refractivity contribution is 0.320. The highest BCUT2D eigenvalue weighted by Gasteiger charge is 1.99. The predicted octanol–water partition coefficient (Wildman–Crippen LogP) is 2.88. The lowest BCUT2D eigenvalue weighted by atomic mass is 10.3. The highest BCUT2D eigenvalue weighted by atomic mass is 127. The highest BCUT2D eigenvalue weighted by Crippen LogP contribution is 2.11. The third-order valence-corrected chi connectivity index (χ3v) is 3.10. The van der Waals surface area contributed by atoms with Crippen LogP contribution in [0.4, 0.5) is 4.39 Å². The van der Waals surface area contributed by atoms with Crippen LogP contribution in [0.1, 0.15) is 6.92 Å². The quantitative estimate of drug-likeness (QED) is 0.284. The minimum absolute atomic E-state index is 0. The molecule has 0 aliphatic carbocycles. The fourth-order valence-corrected chi connectivity index (χ4v) is 2.03. The summed E-state index contributed by atoms with van der Waals surface area (Å²) in [4.78, 5) is 4.51. The van der Waals surface area contributed by atoms with Gasteiger partial charge < -0.3 is 19.9 Å². The molecule has 0 radical (unpaired) electrons. The van der Waals surface area contributed by atoms with Gasteiger partial charge in [0, 0.05) is 31.5 Å². The van der Waals surface area contributed by atoms with E-state index in [9.17, 15) is 4.39 Å². The number of hydrogen-bond acceptors (Lipinski definition) is 2. The number of halogens is 2. The van der Waals surface area contributed by atoms with E-state index in [2.05, 4.69) is 20.2 Å². The third kappa shape index (κ3) is 7.67. The van der Waals surface area contributed by atoms with E-state index in [1.54, 1.807) is 12.1 Å². The van der Waals surface area contributed by atoms with Gasteiger partial charge in [0.25, 0.3) is 0 Å². The molecule has 7 heteroatoms. The van der Waals surface area contributed by atoms with E-state index >= 15 is 0 Å². The molecule has 0 fully saturated rings. The first-order valence-electron chi connectivity index (χ1n) is 7.79. The number of nitrogens with one attached hydrogen (secondary N) is 2. The van der Waals surface area contributed by atoms with Crippen LogP contribution in [0.2, 0.25) is 0 Å². The fraction of sp³-hybridized carbons (Fsp3) is 0.353. The zero-order chi connectivity index (χ0) is 16.3. The zero-order valence-corrected chi connectivity index (χ0v) is 16.1. The molecule has 0 saturated carbocycles. The van der Waals surface area contributed by atoms with Gasteiger partial charge in [-0.15, -0.1) is 24.0 Å². The summed E-state index contributed by atoms with van der Waals surface area (Å²) in [7, 11) is 0. The zero-order valence-electron chi connectivity index (χ0n) is 13.7. The second kappa shape index (κ2) is 11.7. The Bertz CT molecular complexity index is 604. The summed E-state index contributed by atoms with van der Waals surface area (Å²) in [6, 6.07) is 10.1. The summed E-state index contributed by atoms with van der Waals surface area (Å²) in [6.45, 7) is 5.36. The van der Waals surface area contributed by atoms with Crippen molar-refractivity contribution in [1.29, 1.82) is 0 Å². The Balaban J connectivity index is 0.00000288. The molecule has 0 saturated heterocycles. The van der Waals surface area contributed by atoms with E-state index in [-0.39, 0.29) is 29.8 Å². The largest absolute Gasteiger partial charge is 0.492 e. The van der Waals surface area contributed by atoms with Gasteiger partial charge in [-0.1, -0.05) is 6.07 Å². The summed E-state index contributed by atoms with van der Waals surface area (Å²) in [5.74, 6) is 0.985. The van der Waals surface area contributed by atoms with Crippen molar-refractivity contribution in [2.45, 2.75) is 13.5 Å². The van der Waals surface area contributed by atoms with Crippen LogP contribution in [0.5, 0.6) is 5.75 Å². The molecule has 0 atom stereocenters. The number of guanidine groups is 1. The van der Waals surface area contributed by atoms with E-state index in [1.807, 2.05) is 31.5 Å². The van der Waals surface area contributed by atoms with Crippen LogP contribution in [0.3, 0.4) is 0 Å². The molecule has 2 N–H and O–H groups in total. The molecule has 0 aliphatic rings. The number of nitrogens with zero attached hydrogens (tertiary/aromatic N) is 2. The maximum Gasteiger partial charge on any atom is 0.191 e. The van der Waals surface area contributed by atoms with Crippen LogP contribution in [0.15, 0.2) is 53.8 Å². The minimum atomic E-state index is -0.296. The van der Waals surface area contributed by atoms with E-state index < -0.39 is 0 Å². The predicted molar refractivity (Wildman–Crippen MR) is 106 cm³/mol. The molecular formula is C17H24FIN4O. The Kier molecular flexibility index (Phi) is 9.90. The van der Waals surface area contributed by atoms with Crippen molar-refractivity contribution in [3.05, 3.63) is 54.6 Å². The Labute approximate surface area is 159 Å². The average molecular weight is 446 g/mol. The van der Waals surface area contributed by atoms with Gasteiger partial charge in [0.1, 0.15) is 18.2 Å². The summed E-state index contributed by atoms with van der Waals surface area (Å²) in [5, 5.41) is 6.38. The first kappa shape index (κ1) is 20.3. The first-order valence-corrected chi connectivity index (χ1v) is 7.79. The van der Waals surface area contributed by atoms with Gasteiger partial charge >= 0.3 is 0 Å². The van der Waals surface area contributed by atoms with Crippen LogP contribution < -0.4 is 15.4 Å². The van der Waals surface area contributed by atoms with Crippen molar-refractivity contribution in [2.24, 2.45) is 4.99 Å². The van der Waals surface area contributed by atoms with Crippen LogP contribution in [-0.2, 0) is 6.54 Å². The maximum atomic E-state index is 13.0. The molecule has 1 aromatic heterocycles. The standard InChI is InChI=1S/C17H23FN4O.HI/c1-2-19-17(20-8-12-22-10-3-4-11-22)21-9-13-23-16-7-5-6-15(18)14-16;/h3-7,10-11,14H,2,8-9,12-13H2,1H3,(H2,19,20,21);1H. The molecule has 2 rings (SSSR count). The summed E-state index contributed by atoms with van der Waals surface area (Å²) >= 11 is 0. The summed E-state index contributed by atoms with van der Waals surface area (Å²) < 4.78 is 20.6. The summed E-state index contributed by atoms with van der Waals surface area (Å²) in [6.07, 6.45) is 4.03. The van der Waals surface area contributed by atoms with Gasteiger partial charge in [-0.3, -0.25) is 4.99 Å². The fourth-order valence-electron chi connectivity index (χ4n) is 2.03. The van der Waals surface area contributed by atoms with E-state index in [0.29, 0.717) is 25.4 Å². The second-order valence-electron chi connectivity index (χ2n) is 4.91. The number of aromatic nitrogens is 1. The molecule has 24 heavy (non-hydrogen) atoms. The van der Waals surface area contributed by atoms with Crippen LogP contribution in [0.25, 0.3) is 0 Å². The molecular weight excluding hydrogens is 422 g/mol. The lowest BCUT2D eigenvalue weighted by Gasteiger charge is -2.12. The van der Waals surface area contributed by atoms with Gasteiger partial charge in [-0.05, 0) is 31.2 Å². The average Bonchev–Trinajstić information content (AvgIpc) is 3.05. The van der Waals surface area contributed by atoms with Crippen molar-refractivity contribution in [1.82, 2.24) is 15.2 Å². The minimum Gasteiger partial charge on any atom is -0.492 e. The van der Waals surface area contributed by atoms with Gasteiger partial charge in [0.15, 0.2) is 5.96 Å². The molecule has 0 aliphatic heterocycles. The highest BCUT2D eigenvalue weighted by molar-refractivity contribution is 14.0. The van der Waals surface area contributed by atoms with Gasteiger partial charge in [-0.2, -0.15) is 0 Å². The van der Waals surface area contributed by atoms with Crippen LogP contribution in [0, 0.1) is 5.82 Å². The van der Waals surface area contributed by atoms with Crippen molar-refractivity contribution in [3.8, 4) is 5.75 Å². The monoisotopic (exact) mass is 446 g/mol. The Morgan fingerprint density at radius 1 is 1.21 bits per heavy atom. The normalized spacial score (nSPS) is 10.8. The SMILES string of the molecule is CCNC(=NCCn1cccc1)NCCOc1cccc(F)c1.I. The topological polar surface area (TPSA) is 50.6 Å². The second-order valence-corrected chi connectivity index (χ2v) is 4.91. The lowest BCUT2D eigenvalue weighted by Crippen LogP contribution is -2.39. The maximum absolute atomic E-state index is 13.0. The molecule has 0 amide bonds. The van der Waals surface area contributed by atoms with E-state index in [1.165, 1.54) is 12.1 Å². The van der Waals surface area contributed by atoms with E-state index in [4.69, 9.17) is 4.74 Å². The molecule has 0 bridgehead atoms. The number of aliphatic imine (C=N–C) groups is 1. The summed E-state index contributed by atoms with van der Waals surface area (Å²) in [5.41, 5.74) is 0. The van der Waals surface area contributed by atoms with Gasteiger partial charge in [0.2, 0.25) is 0 Å². The van der Waals surface area contributed by atoms with Crippen LogP contribution >= 0.6 is 24.0 Å². The molecule has 2 aromatic rings. The molecule has 1 aromatic carbocycles. The molecule has 132 valence electrons. The van der Waals surface area contributed by atoms with Crippen molar-refractivity contribution < 1.29 is 9.13 Å². The Morgan fingerprint density at radius 2 is 2.00 bits per heavy atom. The van der Waals surface area contributed by atoms with Crippen LogP contribution in [-0.4, -0.2) is 36.8 Å². The van der Waals surface area contributed by atoms with E-state index in [0.717, 1.165) is 19.0 Å². The Morgan fingerprint density at radius 3 is 2.71 bits per heavy atom. The van der Waals surface area contributed by atoms with Crippen molar-refractivity contribution in [3.63, 3.8) is 0 Å². The number of hydrogen-bond donors (Lipinski definition) is 2. The number of rotatable bonds is 8. The smallest absolute Gasteiger partial charge is 0.191 e. The van der Waals surface area contributed by atoms with Crippen molar-refractivity contribution in [2.75, 3.05) is 26.2 Å². The Hall–Kier alpha value is -1.77.